The summed E-state index contributed by atoms with van der Waals surface area (Å²) in [5.74, 6) is 0.0366. The summed E-state index contributed by atoms with van der Waals surface area (Å²) in [6, 6.07) is 15.0. The van der Waals surface area contributed by atoms with Gasteiger partial charge in [0.2, 0.25) is 5.91 Å². The largest absolute Gasteiger partial charge is 0.326 e. The molecule has 2 amide bonds. The van der Waals surface area contributed by atoms with Gasteiger partial charge in [0.15, 0.2) is 0 Å². The number of anilines is 2. The first-order chi connectivity index (χ1) is 13.0. The van der Waals surface area contributed by atoms with Gasteiger partial charge < -0.3 is 10.6 Å². The zero-order chi connectivity index (χ0) is 19.0. The van der Waals surface area contributed by atoms with Crippen molar-refractivity contribution in [2.75, 3.05) is 10.6 Å². The maximum absolute atomic E-state index is 12.7. The van der Waals surface area contributed by atoms with Gasteiger partial charge in [0.25, 0.3) is 5.91 Å². The molecule has 1 aromatic heterocycles. The molecule has 1 aliphatic carbocycles. The van der Waals surface area contributed by atoms with Gasteiger partial charge in [-0.25, -0.2) is 0 Å². The molecule has 136 valence electrons. The van der Waals surface area contributed by atoms with E-state index in [1.54, 1.807) is 24.3 Å². The lowest BCUT2D eigenvalue weighted by molar-refractivity contribution is -0.117. The third kappa shape index (κ3) is 3.82. The highest BCUT2D eigenvalue weighted by Gasteiger charge is 2.29. The first-order valence-electron chi connectivity index (χ1n) is 9.10. The summed E-state index contributed by atoms with van der Waals surface area (Å²) in [6.07, 6.45) is 1.94. The molecule has 0 aliphatic heterocycles. The van der Waals surface area contributed by atoms with Gasteiger partial charge in [-0.05, 0) is 69.2 Å². The van der Waals surface area contributed by atoms with E-state index in [2.05, 4.69) is 15.6 Å². The molecule has 1 saturated carbocycles. The highest BCUT2D eigenvalue weighted by molar-refractivity contribution is 6.07. The van der Waals surface area contributed by atoms with E-state index in [1.165, 1.54) is 0 Å². The highest BCUT2D eigenvalue weighted by atomic mass is 16.2. The molecule has 27 heavy (non-hydrogen) atoms. The molecule has 5 nitrogen and oxygen atoms in total. The number of nitrogens with zero attached hydrogens (tertiary/aromatic N) is 1. The number of aromatic nitrogens is 1. The van der Waals surface area contributed by atoms with E-state index >= 15 is 0 Å². The van der Waals surface area contributed by atoms with Crippen molar-refractivity contribution < 1.29 is 9.59 Å². The third-order valence-electron chi connectivity index (χ3n) is 4.76. The Hall–Kier alpha value is -3.21. The quantitative estimate of drug-likeness (QED) is 0.723. The second kappa shape index (κ2) is 6.83. The zero-order valence-electron chi connectivity index (χ0n) is 15.4. The molecule has 0 radical (unpaired) electrons. The Labute approximate surface area is 157 Å². The Morgan fingerprint density at radius 3 is 2.26 bits per heavy atom. The number of amides is 2. The average molecular weight is 359 g/mol. The summed E-state index contributed by atoms with van der Waals surface area (Å²) in [5, 5.41) is 6.74. The Morgan fingerprint density at radius 1 is 0.926 bits per heavy atom. The second-order valence-electron chi connectivity index (χ2n) is 7.11. The fourth-order valence-electron chi connectivity index (χ4n) is 3.05. The van der Waals surface area contributed by atoms with Gasteiger partial charge in [0.1, 0.15) is 0 Å². The molecule has 1 heterocycles. The minimum atomic E-state index is -0.196. The molecule has 4 rings (SSSR count). The van der Waals surface area contributed by atoms with Crippen LogP contribution in [0.5, 0.6) is 0 Å². The summed E-state index contributed by atoms with van der Waals surface area (Å²) in [4.78, 5) is 29.0. The van der Waals surface area contributed by atoms with Crippen LogP contribution in [0, 0.1) is 19.8 Å². The molecular formula is C22H21N3O2. The maximum Gasteiger partial charge on any atom is 0.257 e. The van der Waals surface area contributed by atoms with Crippen LogP contribution < -0.4 is 10.6 Å². The fourth-order valence-corrected chi connectivity index (χ4v) is 3.05. The zero-order valence-corrected chi connectivity index (χ0v) is 15.4. The van der Waals surface area contributed by atoms with E-state index in [4.69, 9.17) is 0 Å². The van der Waals surface area contributed by atoms with Crippen molar-refractivity contribution >= 4 is 34.1 Å². The van der Waals surface area contributed by atoms with Crippen molar-refractivity contribution in [1.29, 1.82) is 0 Å². The smallest absolute Gasteiger partial charge is 0.257 e. The van der Waals surface area contributed by atoms with Crippen molar-refractivity contribution in [1.82, 2.24) is 4.98 Å². The van der Waals surface area contributed by atoms with Crippen molar-refractivity contribution in [2.24, 2.45) is 5.92 Å². The number of hydrogen-bond donors (Lipinski definition) is 2. The van der Waals surface area contributed by atoms with E-state index < -0.39 is 0 Å². The van der Waals surface area contributed by atoms with Crippen molar-refractivity contribution in [3.63, 3.8) is 0 Å². The summed E-state index contributed by atoms with van der Waals surface area (Å²) < 4.78 is 0. The number of carbonyl (C=O) groups excluding carboxylic acids is 2. The van der Waals surface area contributed by atoms with Gasteiger partial charge in [-0.15, -0.1) is 0 Å². The second-order valence-corrected chi connectivity index (χ2v) is 7.11. The first kappa shape index (κ1) is 17.2. The van der Waals surface area contributed by atoms with Crippen LogP contribution in [-0.2, 0) is 4.79 Å². The van der Waals surface area contributed by atoms with E-state index in [9.17, 15) is 9.59 Å². The van der Waals surface area contributed by atoms with Crippen LogP contribution in [0.1, 0.15) is 34.5 Å². The molecule has 2 aromatic carbocycles. The van der Waals surface area contributed by atoms with E-state index in [1.807, 2.05) is 38.1 Å². The summed E-state index contributed by atoms with van der Waals surface area (Å²) in [7, 11) is 0. The van der Waals surface area contributed by atoms with E-state index in [-0.39, 0.29) is 17.7 Å². The minimum absolute atomic E-state index is 0.0694. The van der Waals surface area contributed by atoms with Crippen LogP contribution >= 0.6 is 0 Å². The summed E-state index contributed by atoms with van der Waals surface area (Å²) >= 11 is 0. The number of fused-ring (bicyclic) bond motifs is 1. The SMILES string of the molecule is Cc1ccc2nc(C)c(C(=O)Nc3ccc(NC(=O)C4CC4)cc3)cc2c1. The number of rotatable bonds is 4. The monoisotopic (exact) mass is 359 g/mol. The molecule has 0 saturated heterocycles. The van der Waals surface area contributed by atoms with Crippen LogP contribution in [0.4, 0.5) is 11.4 Å². The topological polar surface area (TPSA) is 71.1 Å². The van der Waals surface area contributed by atoms with Crippen LogP contribution in [0.3, 0.4) is 0 Å². The van der Waals surface area contributed by atoms with E-state index in [0.29, 0.717) is 16.9 Å². The van der Waals surface area contributed by atoms with Gasteiger partial charge >= 0.3 is 0 Å². The molecule has 2 N–H and O–H groups in total. The van der Waals surface area contributed by atoms with Crippen LogP contribution in [0.15, 0.2) is 48.5 Å². The summed E-state index contributed by atoms with van der Waals surface area (Å²) in [5.41, 5.74) is 4.67. The first-order valence-corrected chi connectivity index (χ1v) is 9.10. The lowest BCUT2D eigenvalue weighted by Gasteiger charge is -2.10. The Bertz CT molecular complexity index is 1040. The minimum Gasteiger partial charge on any atom is -0.326 e. The van der Waals surface area contributed by atoms with Gasteiger partial charge in [0, 0.05) is 22.7 Å². The number of nitrogens with one attached hydrogen (secondary N) is 2. The van der Waals surface area contributed by atoms with Crippen LogP contribution in [0.2, 0.25) is 0 Å². The average Bonchev–Trinajstić information content (AvgIpc) is 3.48. The predicted octanol–water partition coefficient (Wildman–Crippen LogP) is 4.45. The normalized spacial score (nSPS) is 13.4. The number of hydrogen-bond acceptors (Lipinski definition) is 3. The van der Waals surface area contributed by atoms with Crippen LogP contribution in [-0.4, -0.2) is 16.8 Å². The molecule has 5 heteroatoms. The Morgan fingerprint density at radius 2 is 1.59 bits per heavy atom. The molecule has 1 aliphatic rings. The molecule has 0 atom stereocenters. The Balaban J connectivity index is 1.50. The fraction of sp³-hybridized carbons (Fsp3) is 0.227. The van der Waals surface area contributed by atoms with Gasteiger partial charge in [-0.2, -0.15) is 0 Å². The molecule has 0 unspecified atom stereocenters. The lowest BCUT2D eigenvalue weighted by atomic mass is 10.1. The predicted molar refractivity (Wildman–Crippen MR) is 107 cm³/mol. The number of pyridine rings is 1. The van der Waals surface area contributed by atoms with Crippen molar-refractivity contribution in [2.45, 2.75) is 26.7 Å². The summed E-state index contributed by atoms with van der Waals surface area (Å²) in [6.45, 7) is 3.85. The standard InChI is InChI=1S/C22H21N3O2/c1-13-3-10-20-16(11-13)12-19(14(2)23-20)22(27)25-18-8-6-17(7-9-18)24-21(26)15-4-5-15/h3,6-12,15H,4-5H2,1-2H3,(H,24,26)(H,25,27). The number of benzene rings is 2. The highest BCUT2D eigenvalue weighted by Crippen LogP contribution is 2.30. The van der Waals surface area contributed by atoms with Crippen LogP contribution in [0.25, 0.3) is 10.9 Å². The van der Waals surface area contributed by atoms with Gasteiger partial charge in [-0.1, -0.05) is 11.6 Å². The van der Waals surface area contributed by atoms with E-state index in [0.717, 1.165) is 35.0 Å². The maximum atomic E-state index is 12.7. The van der Waals surface area contributed by atoms with Gasteiger partial charge in [-0.3, -0.25) is 14.6 Å². The molecule has 3 aromatic rings. The molecule has 0 spiro atoms. The lowest BCUT2D eigenvalue weighted by Crippen LogP contribution is -2.15. The number of carbonyl (C=O) groups is 2. The number of aryl methyl sites for hydroxylation is 2. The van der Waals surface area contributed by atoms with Crippen molar-refractivity contribution in [3.8, 4) is 0 Å². The molecular weight excluding hydrogens is 338 g/mol. The third-order valence-corrected chi connectivity index (χ3v) is 4.76. The Kier molecular flexibility index (Phi) is 4.36. The molecule has 0 bridgehead atoms. The van der Waals surface area contributed by atoms with Gasteiger partial charge in [0.05, 0.1) is 16.8 Å². The molecule has 1 fully saturated rings. The van der Waals surface area contributed by atoms with Crippen molar-refractivity contribution in [3.05, 3.63) is 65.4 Å².